The van der Waals surface area contributed by atoms with Gasteiger partial charge in [-0.25, -0.2) is 4.79 Å². The molecule has 4 rings (SSSR count). The van der Waals surface area contributed by atoms with Crippen LogP contribution in [0.5, 0.6) is 5.75 Å². The summed E-state index contributed by atoms with van der Waals surface area (Å²) in [6.07, 6.45) is 1.50. The van der Waals surface area contributed by atoms with Crippen molar-refractivity contribution in [3.8, 4) is 5.75 Å². The zero-order chi connectivity index (χ0) is 24.8. The molecule has 1 saturated heterocycles. The van der Waals surface area contributed by atoms with Crippen molar-refractivity contribution in [1.82, 2.24) is 4.90 Å². The molecule has 1 atom stereocenters. The molecule has 0 saturated carbocycles. The highest BCUT2D eigenvalue weighted by atomic mass is 35.5. The molecule has 1 N–H and O–H groups in total. The van der Waals surface area contributed by atoms with Crippen molar-refractivity contribution in [1.29, 1.82) is 0 Å². The monoisotopic (exact) mass is 491 g/mol. The molecular weight excluding hydrogens is 462 g/mol. The van der Waals surface area contributed by atoms with E-state index in [0.717, 1.165) is 17.5 Å². The second kappa shape index (κ2) is 11.3. The number of carbonyl (C=O) groups excluding carboxylic acids is 2. The highest BCUT2D eigenvalue weighted by Crippen LogP contribution is 2.34. The number of benzene rings is 3. The van der Waals surface area contributed by atoms with Crippen LogP contribution >= 0.6 is 11.6 Å². The second-order valence-electron chi connectivity index (χ2n) is 8.59. The minimum atomic E-state index is -0.258. The lowest BCUT2D eigenvalue weighted by Gasteiger charge is -2.36. The van der Waals surface area contributed by atoms with E-state index in [1.54, 1.807) is 24.1 Å². The minimum Gasteiger partial charge on any atom is -0.495 e. The topological polar surface area (TPSA) is 61.9 Å². The van der Waals surface area contributed by atoms with Crippen molar-refractivity contribution >= 4 is 34.9 Å². The van der Waals surface area contributed by atoms with Crippen LogP contribution in [0.2, 0.25) is 5.02 Å². The van der Waals surface area contributed by atoms with E-state index in [-0.39, 0.29) is 17.9 Å². The molecule has 182 valence electrons. The van der Waals surface area contributed by atoms with E-state index >= 15 is 0 Å². The van der Waals surface area contributed by atoms with Crippen molar-refractivity contribution in [2.24, 2.45) is 0 Å². The maximum atomic E-state index is 13.4. The largest absolute Gasteiger partial charge is 0.495 e. The maximum absolute atomic E-state index is 13.4. The lowest BCUT2D eigenvalue weighted by atomic mass is 9.95. The highest BCUT2D eigenvalue weighted by Gasteiger charge is 2.29. The molecule has 0 aromatic heterocycles. The Bertz CT molecular complexity index is 1190. The van der Waals surface area contributed by atoms with Crippen molar-refractivity contribution in [2.45, 2.75) is 32.2 Å². The van der Waals surface area contributed by atoms with E-state index in [4.69, 9.17) is 16.3 Å². The van der Waals surface area contributed by atoms with Gasteiger partial charge in [0.05, 0.1) is 18.7 Å². The lowest BCUT2D eigenvalue weighted by Crippen LogP contribution is -2.49. The molecule has 1 heterocycles. The first-order valence-corrected chi connectivity index (χ1v) is 12.2. The normalized spacial score (nSPS) is 14.5. The summed E-state index contributed by atoms with van der Waals surface area (Å²) in [6, 6.07) is 22.6. The number of ether oxygens (including phenoxy) is 1. The molecule has 3 amide bonds. The molecular formula is C28H30ClN3O3. The van der Waals surface area contributed by atoms with Gasteiger partial charge in [-0.05, 0) is 54.3 Å². The van der Waals surface area contributed by atoms with E-state index in [2.05, 4.69) is 5.32 Å². The van der Waals surface area contributed by atoms with Gasteiger partial charge in [0.1, 0.15) is 5.75 Å². The molecule has 3 aromatic carbocycles. The molecule has 0 bridgehead atoms. The van der Waals surface area contributed by atoms with Gasteiger partial charge in [0.15, 0.2) is 0 Å². The predicted molar refractivity (Wildman–Crippen MR) is 140 cm³/mol. The quantitative estimate of drug-likeness (QED) is 0.401. The molecule has 6 nitrogen and oxygen atoms in total. The molecule has 3 aromatic rings. The molecule has 35 heavy (non-hydrogen) atoms. The van der Waals surface area contributed by atoms with Crippen molar-refractivity contribution in [3.05, 3.63) is 88.9 Å². The Kier molecular flexibility index (Phi) is 7.93. The zero-order valence-electron chi connectivity index (χ0n) is 20.0. The summed E-state index contributed by atoms with van der Waals surface area (Å²) < 4.78 is 5.57. The van der Waals surface area contributed by atoms with Gasteiger partial charge < -0.3 is 15.0 Å². The Morgan fingerprint density at radius 2 is 1.86 bits per heavy atom. The maximum Gasteiger partial charge on any atom is 0.324 e. The Hall–Kier alpha value is -3.51. The number of anilines is 2. The SMILES string of the molecule is CC[C@H](C(=O)Nc1ccc(OC)c(N2CCCN(Cc3cccc(Cl)c3)C2=O)c1)c1ccccc1. The summed E-state index contributed by atoms with van der Waals surface area (Å²) in [5.41, 5.74) is 3.22. The summed E-state index contributed by atoms with van der Waals surface area (Å²) in [6.45, 7) is 3.71. The molecule has 1 aliphatic heterocycles. The van der Waals surface area contributed by atoms with Crippen LogP contribution in [0.3, 0.4) is 0 Å². The number of nitrogens with zero attached hydrogens (tertiary/aromatic N) is 2. The van der Waals surface area contributed by atoms with Crippen molar-refractivity contribution < 1.29 is 14.3 Å². The molecule has 1 aliphatic rings. The van der Waals surface area contributed by atoms with Crippen LogP contribution in [-0.4, -0.2) is 37.0 Å². The number of carbonyl (C=O) groups is 2. The smallest absolute Gasteiger partial charge is 0.324 e. The molecule has 0 unspecified atom stereocenters. The third-order valence-electron chi connectivity index (χ3n) is 6.24. The minimum absolute atomic E-state index is 0.0811. The van der Waals surface area contributed by atoms with Crippen LogP contribution < -0.4 is 15.0 Å². The fraction of sp³-hybridized carbons (Fsp3) is 0.286. The molecule has 0 radical (unpaired) electrons. The Morgan fingerprint density at radius 3 is 2.57 bits per heavy atom. The third kappa shape index (κ3) is 5.77. The Labute approximate surface area is 211 Å². The van der Waals surface area contributed by atoms with E-state index < -0.39 is 0 Å². The number of halogens is 1. The van der Waals surface area contributed by atoms with Crippen LogP contribution in [0.15, 0.2) is 72.8 Å². The first kappa shape index (κ1) is 24.6. The van der Waals surface area contributed by atoms with E-state index in [9.17, 15) is 9.59 Å². The van der Waals surface area contributed by atoms with Gasteiger partial charge in [0, 0.05) is 30.3 Å². The second-order valence-corrected chi connectivity index (χ2v) is 9.02. The number of amides is 3. The summed E-state index contributed by atoms with van der Waals surface area (Å²) in [7, 11) is 1.58. The predicted octanol–water partition coefficient (Wildman–Crippen LogP) is 6.31. The Morgan fingerprint density at radius 1 is 1.06 bits per heavy atom. The van der Waals surface area contributed by atoms with Gasteiger partial charge in [-0.1, -0.05) is 61.0 Å². The average molecular weight is 492 g/mol. The van der Waals surface area contributed by atoms with Crippen molar-refractivity contribution in [3.63, 3.8) is 0 Å². The number of urea groups is 1. The Balaban J connectivity index is 1.55. The van der Waals surface area contributed by atoms with Gasteiger partial charge in [-0.15, -0.1) is 0 Å². The van der Waals surface area contributed by atoms with E-state index in [1.165, 1.54) is 0 Å². The van der Waals surface area contributed by atoms with Gasteiger partial charge in [0.25, 0.3) is 0 Å². The molecule has 7 heteroatoms. The van der Waals surface area contributed by atoms with Crippen LogP contribution in [0.1, 0.15) is 36.8 Å². The first-order valence-electron chi connectivity index (χ1n) is 11.8. The number of hydrogen-bond acceptors (Lipinski definition) is 3. The fourth-order valence-electron chi connectivity index (χ4n) is 4.47. The van der Waals surface area contributed by atoms with Gasteiger partial charge in [-0.3, -0.25) is 9.69 Å². The number of rotatable bonds is 8. The van der Waals surface area contributed by atoms with Crippen LogP contribution in [-0.2, 0) is 11.3 Å². The van der Waals surface area contributed by atoms with Gasteiger partial charge in [-0.2, -0.15) is 0 Å². The summed E-state index contributed by atoms with van der Waals surface area (Å²) >= 11 is 6.13. The standard InChI is InChI=1S/C28H30ClN3O3/c1-3-24(21-10-5-4-6-11-21)27(33)30-23-13-14-26(35-2)25(18-23)32-16-8-15-31(28(32)34)19-20-9-7-12-22(29)17-20/h4-7,9-14,17-18,24H,3,8,15-16,19H2,1-2H3,(H,30,33)/t24-/m0/s1. The van der Waals surface area contributed by atoms with Crippen LogP contribution in [0, 0.1) is 0 Å². The van der Waals surface area contributed by atoms with Gasteiger partial charge >= 0.3 is 6.03 Å². The van der Waals surface area contributed by atoms with Crippen LogP contribution in [0.4, 0.5) is 16.2 Å². The van der Waals surface area contributed by atoms with E-state index in [0.29, 0.717) is 48.2 Å². The summed E-state index contributed by atoms with van der Waals surface area (Å²) in [4.78, 5) is 30.1. The number of hydrogen-bond donors (Lipinski definition) is 1. The third-order valence-corrected chi connectivity index (χ3v) is 6.47. The lowest BCUT2D eigenvalue weighted by molar-refractivity contribution is -0.117. The van der Waals surface area contributed by atoms with Crippen molar-refractivity contribution in [2.75, 3.05) is 30.4 Å². The molecule has 1 fully saturated rings. The first-order chi connectivity index (χ1) is 17.0. The van der Waals surface area contributed by atoms with Gasteiger partial charge in [0.2, 0.25) is 5.91 Å². The zero-order valence-corrected chi connectivity index (χ0v) is 20.8. The highest BCUT2D eigenvalue weighted by molar-refractivity contribution is 6.30. The summed E-state index contributed by atoms with van der Waals surface area (Å²) in [5.74, 6) is 0.241. The number of nitrogens with one attached hydrogen (secondary N) is 1. The average Bonchev–Trinajstić information content (AvgIpc) is 2.86. The summed E-state index contributed by atoms with van der Waals surface area (Å²) in [5, 5.41) is 3.68. The molecule has 0 spiro atoms. The molecule has 0 aliphatic carbocycles. The van der Waals surface area contributed by atoms with Crippen LogP contribution in [0.25, 0.3) is 0 Å². The fourth-order valence-corrected chi connectivity index (χ4v) is 4.69. The van der Waals surface area contributed by atoms with E-state index in [1.807, 2.05) is 72.5 Å². The number of methoxy groups -OCH3 is 1.